The molecule has 2 atom stereocenters. The van der Waals surface area contributed by atoms with Gasteiger partial charge in [-0.2, -0.15) is 0 Å². The summed E-state index contributed by atoms with van der Waals surface area (Å²) >= 11 is 1.33. The lowest BCUT2D eigenvalue weighted by atomic mass is 10.1. The van der Waals surface area contributed by atoms with E-state index in [2.05, 4.69) is 0 Å². The molecule has 0 saturated carbocycles. The van der Waals surface area contributed by atoms with Crippen LogP contribution in [0.1, 0.15) is 25.0 Å². The van der Waals surface area contributed by atoms with Gasteiger partial charge in [0.2, 0.25) is 0 Å². The summed E-state index contributed by atoms with van der Waals surface area (Å²) in [4.78, 5) is 25.0. The Hall–Kier alpha value is -2.27. The summed E-state index contributed by atoms with van der Waals surface area (Å²) < 4.78 is 10.5. The maximum absolute atomic E-state index is 12.5. The van der Waals surface area contributed by atoms with Crippen LogP contribution in [-0.4, -0.2) is 35.7 Å². The average Bonchev–Trinajstić information content (AvgIpc) is 2.69. The number of hydrogen-bond donors (Lipinski definition) is 0. The first kappa shape index (κ1) is 21.0. The summed E-state index contributed by atoms with van der Waals surface area (Å²) in [6.45, 7) is 4.20. The Morgan fingerprint density at radius 1 is 0.741 bits per heavy atom. The highest BCUT2D eigenvalue weighted by Crippen LogP contribution is 2.27. The Morgan fingerprint density at radius 2 is 1.11 bits per heavy atom. The van der Waals surface area contributed by atoms with Crippen molar-refractivity contribution in [1.29, 1.82) is 0 Å². The monoisotopic (exact) mass is 386 g/mol. The topological polar surface area (TPSA) is 52.6 Å². The Morgan fingerprint density at radius 3 is 1.44 bits per heavy atom. The zero-order valence-electron chi connectivity index (χ0n) is 15.8. The molecule has 2 aromatic rings. The largest absolute Gasteiger partial charge is 0.465 e. The molecule has 5 heteroatoms. The van der Waals surface area contributed by atoms with Gasteiger partial charge in [0.1, 0.15) is 10.5 Å². The van der Waals surface area contributed by atoms with E-state index in [4.69, 9.17) is 9.47 Å². The SMILES string of the molecule is CCOC(=O)C(Cc1ccccc1)SC(Cc1ccccc1)C(=O)OCC. The van der Waals surface area contributed by atoms with Gasteiger partial charge in [-0.25, -0.2) is 0 Å². The van der Waals surface area contributed by atoms with Crippen LogP contribution in [0.3, 0.4) is 0 Å². The number of esters is 2. The van der Waals surface area contributed by atoms with Crippen molar-refractivity contribution in [3.05, 3.63) is 71.8 Å². The van der Waals surface area contributed by atoms with Crippen molar-refractivity contribution in [3.63, 3.8) is 0 Å². The van der Waals surface area contributed by atoms with Crippen molar-refractivity contribution >= 4 is 23.7 Å². The molecule has 4 nitrogen and oxygen atoms in total. The predicted molar refractivity (Wildman–Crippen MR) is 109 cm³/mol. The third kappa shape index (κ3) is 7.10. The summed E-state index contributed by atoms with van der Waals surface area (Å²) in [6.07, 6.45) is 1.02. The molecule has 2 rings (SSSR count). The maximum Gasteiger partial charge on any atom is 0.319 e. The second-order valence-electron chi connectivity index (χ2n) is 6.00. The van der Waals surface area contributed by atoms with Crippen LogP contribution in [-0.2, 0) is 31.9 Å². The van der Waals surface area contributed by atoms with Crippen LogP contribution in [0, 0.1) is 0 Å². The number of carbonyl (C=O) groups is 2. The molecule has 0 amide bonds. The van der Waals surface area contributed by atoms with Crippen LogP contribution in [0.4, 0.5) is 0 Å². The Labute approximate surface area is 165 Å². The second-order valence-corrected chi connectivity index (χ2v) is 7.41. The quantitative estimate of drug-likeness (QED) is 0.576. The molecule has 2 aromatic carbocycles. The van der Waals surface area contributed by atoms with Gasteiger partial charge in [-0.3, -0.25) is 9.59 Å². The highest BCUT2D eigenvalue weighted by Gasteiger charge is 2.30. The van der Waals surface area contributed by atoms with Crippen molar-refractivity contribution in [2.24, 2.45) is 0 Å². The third-order valence-electron chi connectivity index (χ3n) is 3.96. The minimum atomic E-state index is -0.467. The highest BCUT2D eigenvalue weighted by molar-refractivity contribution is 8.01. The standard InChI is InChI=1S/C22H26O4S/c1-3-25-21(23)19(15-17-11-7-5-8-12-17)27-20(22(24)26-4-2)16-18-13-9-6-10-14-18/h5-14,19-20H,3-4,15-16H2,1-2H3. The van der Waals surface area contributed by atoms with Gasteiger partial charge < -0.3 is 9.47 Å². The first-order chi connectivity index (χ1) is 13.1. The summed E-state index contributed by atoms with van der Waals surface area (Å²) in [5.74, 6) is -0.595. The van der Waals surface area contributed by atoms with Crippen molar-refractivity contribution in [2.75, 3.05) is 13.2 Å². The first-order valence-corrected chi connectivity index (χ1v) is 10.1. The summed E-state index contributed by atoms with van der Waals surface area (Å²) in [6, 6.07) is 19.5. The van der Waals surface area contributed by atoms with Crippen LogP contribution in [0.5, 0.6) is 0 Å². The maximum atomic E-state index is 12.5. The molecule has 2 unspecified atom stereocenters. The molecule has 0 aromatic heterocycles. The van der Waals surface area contributed by atoms with Crippen molar-refractivity contribution < 1.29 is 19.1 Å². The van der Waals surface area contributed by atoms with Gasteiger partial charge in [-0.05, 0) is 37.8 Å². The van der Waals surface area contributed by atoms with E-state index in [1.807, 2.05) is 60.7 Å². The van der Waals surface area contributed by atoms with Gasteiger partial charge >= 0.3 is 11.9 Å². The number of rotatable bonds is 10. The van der Waals surface area contributed by atoms with Crippen LogP contribution >= 0.6 is 11.8 Å². The van der Waals surface area contributed by atoms with Gasteiger partial charge in [0.15, 0.2) is 0 Å². The van der Waals surface area contributed by atoms with E-state index < -0.39 is 10.5 Å². The normalized spacial score (nSPS) is 12.8. The van der Waals surface area contributed by atoms with Gasteiger partial charge in [-0.1, -0.05) is 60.7 Å². The molecule has 0 spiro atoms. The zero-order chi connectivity index (χ0) is 19.5. The number of thioether (sulfide) groups is 1. The van der Waals surface area contributed by atoms with E-state index in [1.165, 1.54) is 11.8 Å². The van der Waals surface area contributed by atoms with Crippen LogP contribution in [0.2, 0.25) is 0 Å². The lowest BCUT2D eigenvalue weighted by molar-refractivity contribution is -0.142. The van der Waals surface area contributed by atoms with E-state index in [0.717, 1.165) is 11.1 Å². The predicted octanol–water partition coefficient (Wildman–Crippen LogP) is 4.07. The minimum Gasteiger partial charge on any atom is -0.465 e. The van der Waals surface area contributed by atoms with E-state index >= 15 is 0 Å². The fraction of sp³-hybridized carbons (Fsp3) is 0.364. The molecular formula is C22H26O4S. The molecule has 27 heavy (non-hydrogen) atoms. The molecule has 0 aliphatic heterocycles. The van der Waals surface area contributed by atoms with Gasteiger partial charge in [0.25, 0.3) is 0 Å². The van der Waals surface area contributed by atoms with Crippen LogP contribution in [0.25, 0.3) is 0 Å². The first-order valence-electron chi connectivity index (χ1n) is 9.20. The molecule has 0 radical (unpaired) electrons. The second kappa shape index (κ2) is 11.4. The number of ether oxygens (including phenoxy) is 2. The van der Waals surface area contributed by atoms with Gasteiger partial charge in [-0.15, -0.1) is 11.8 Å². The van der Waals surface area contributed by atoms with Crippen molar-refractivity contribution in [2.45, 2.75) is 37.2 Å². The molecule has 144 valence electrons. The van der Waals surface area contributed by atoms with Crippen LogP contribution in [0.15, 0.2) is 60.7 Å². The average molecular weight is 387 g/mol. The summed E-state index contributed by atoms with van der Waals surface area (Å²) in [5.41, 5.74) is 2.07. The van der Waals surface area contributed by atoms with Crippen LogP contribution < -0.4 is 0 Å². The number of hydrogen-bond acceptors (Lipinski definition) is 5. The van der Waals surface area contributed by atoms with E-state index in [9.17, 15) is 9.59 Å². The molecular weight excluding hydrogens is 360 g/mol. The highest BCUT2D eigenvalue weighted by atomic mass is 32.2. The molecule has 0 aliphatic rings. The Balaban J connectivity index is 2.18. The Kier molecular flexibility index (Phi) is 8.92. The molecule has 0 heterocycles. The van der Waals surface area contributed by atoms with E-state index in [0.29, 0.717) is 26.1 Å². The minimum absolute atomic E-state index is 0.297. The molecule has 0 fully saturated rings. The zero-order valence-corrected chi connectivity index (χ0v) is 16.6. The van der Waals surface area contributed by atoms with Gasteiger partial charge in [0, 0.05) is 0 Å². The van der Waals surface area contributed by atoms with Gasteiger partial charge in [0.05, 0.1) is 13.2 Å². The Bertz CT molecular complexity index is 641. The molecule has 0 N–H and O–H groups in total. The summed E-state index contributed by atoms with van der Waals surface area (Å²) in [7, 11) is 0. The number of benzene rings is 2. The molecule has 0 bridgehead atoms. The van der Waals surface area contributed by atoms with Crippen molar-refractivity contribution in [3.8, 4) is 0 Å². The fourth-order valence-corrected chi connectivity index (χ4v) is 4.03. The lowest BCUT2D eigenvalue weighted by Crippen LogP contribution is -2.31. The third-order valence-corrected chi connectivity index (χ3v) is 5.33. The number of carbonyl (C=O) groups excluding carboxylic acids is 2. The molecule has 0 aliphatic carbocycles. The fourth-order valence-electron chi connectivity index (χ4n) is 2.70. The molecule has 0 saturated heterocycles. The van der Waals surface area contributed by atoms with E-state index in [-0.39, 0.29) is 11.9 Å². The van der Waals surface area contributed by atoms with Crippen molar-refractivity contribution in [1.82, 2.24) is 0 Å². The smallest absolute Gasteiger partial charge is 0.319 e. The summed E-state index contributed by atoms with van der Waals surface area (Å²) in [5, 5.41) is -0.934. The van der Waals surface area contributed by atoms with E-state index in [1.54, 1.807) is 13.8 Å². The lowest BCUT2D eigenvalue weighted by Gasteiger charge is -2.21.